The standard InChI is InChI=1S/Mo.4O.Ta. The predicted molar refractivity (Wildman–Crippen MR) is 2.75 cm³/mol. The fourth-order valence-corrected chi connectivity index (χ4v) is 0. The van der Waals surface area contributed by atoms with Gasteiger partial charge < -0.3 is 0 Å². The van der Waals surface area contributed by atoms with Crippen LogP contribution in [-0.2, 0) is 51.7 Å². The molecule has 0 aromatic rings. The van der Waals surface area contributed by atoms with Crippen molar-refractivity contribution in [2.75, 3.05) is 0 Å². The van der Waals surface area contributed by atoms with Crippen molar-refractivity contribution in [1.82, 2.24) is 0 Å². The molecular formula is MoO4Ta. The quantitative estimate of drug-likeness (QED) is 0.559. The Balaban J connectivity index is 0. The molecule has 0 saturated carbocycles. The molecule has 6 heteroatoms. The molecule has 35 valence electrons. The van der Waals surface area contributed by atoms with Gasteiger partial charge in [-0.15, -0.1) is 0 Å². The fourth-order valence-electron chi connectivity index (χ4n) is 0. The molecule has 0 atom stereocenters. The monoisotopic (exact) mass is 343 g/mol. The summed E-state index contributed by atoms with van der Waals surface area (Å²) in [5, 5.41) is 0. The Morgan fingerprint density at radius 2 is 1.00 bits per heavy atom. The molecule has 0 bridgehead atoms. The van der Waals surface area contributed by atoms with Gasteiger partial charge in [-0.3, -0.25) is 0 Å². The maximum absolute atomic E-state index is 8.59. The second-order valence-electron chi connectivity index (χ2n) is 0.204. The summed E-state index contributed by atoms with van der Waals surface area (Å²) >= 11 is -3.91. The van der Waals surface area contributed by atoms with E-state index in [9.17, 15) is 0 Å². The summed E-state index contributed by atoms with van der Waals surface area (Å²) in [7, 11) is 0. The van der Waals surface area contributed by atoms with Gasteiger partial charge in [-0.2, -0.15) is 0 Å². The molecule has 4 nitrogen and oxygen atoms in total. The molecule has 0 N–H and O–H groups in total. The maximum atomic E-state index is 8.59. The van der Waals surface area contributed by atoms with E-state index in [-0.39, 0.29) is 21.0 Å². The minimum atomic E-state index is -4.11. The average molecular weight is 341 g/mol. The molecule has 0 spiro atoms. The van der Waals surface area contributed by atoms with E-state index in [1.807, 2.05) is 0 Å². The Labute approximate surface area is 51.6 Å². The summed E-state index contributed by atoms with van der Waals surface area (Å²) in [6.45, 7) is 0. The van der Waals surface area contributed by atoms with Gasteiger partial charge in [0.25, 0.3) is 0 Å². The second-order valence-corrected chi connectivity index (χ2v) is 1.21. The van der Waals surface area contributed by atoms with Crippen LogP contribution >= 0.6 is 0 Å². The van der Waals surface area contributed by atoms with Gasteiger partial charge >= 0.3 is 51.7 Å². The van der Waals surface area contributed by atoms with E-state index in [4.69, 9.17) is 13.4 Å². The zero-order chi connectivity index (χ0) is 5.58. The van der Waals surface area contributed by atoms with E-state index < -0.39 is 17.2 Å². The predicted octanol–water partition coefficient (Wildman–Crippen LogP) is -0.480. The van der Waals surface area contributed by atoms with Crippen LogP contribution in [-0.4, -0.2) is 0 Å². The van der Waals surface area contributed by atoms with Crippen LogP contribution in [0.3, 0.4) is 0 Å². The van der Waals surface area contributed by atoms with Gasteiger partial charge in [0.1, 0.15) is 0 Å². The molecule has 0 aromatic heterocycles. The summed E-state index contributed by atoms with van der Waals surface area (Å²) in [5.74, 6) is 0. The van der Waals surface area contributed by atoms with E-state index in [0.29, 0.717) is 0 Å². The summed E-state index contributed by atoms with van der Waals surface area (Å²) in [5.41, 5.74) is 0. The SMILES string of the molecule is [O]=[Mo](=[O])=[O].[O]=[Ta]. The Hall–Kier alpha value is 0.629. The first-order valence-corrected chi connectivity index (χ1v) is 4.45. The number of hydrogen-bond donors (Lipinski definition) is 0. The third-order valence-corrected chi connectivity index (χ3v) is 0. The van der Waals surface area contributed by atoms with Crippen molar-refractivity contribution in [3.63, 3.8) is 0 Å². The molecule has 0 aromatic carbocycles. The molecule has 0 heterocycles. The molecule has 0 fully saturated rings. The van der Waals surface area contributed by atoms with Crippen LogP contribution in [0.25, 0.3) is 0 Å². The first-order chi connectivity index (χ1) is 2.73. The molecule has 0 aliphatic carbocycles. The van der Waals surface area contributed by atoms with Crippen LogP contribution in [0.2, 0.25) is 0 Å². The van der Waals surface area contributed by atoms with Crippen LogP contribution in [0.1, 0.15) is 0 Å². The van der Waals surface area contributed by atoms with E-state index in [1.165, 1.54) is 0 Å². The number of rotatable bonds is 0. The van der Waals surface area contributed by atoms with E-state index in [0.717, 1.165) is 0 Å². The van der Waals surface area contributed by atoms with Gasteiger partial charge in [-0.05, 0) is 0 Å². The van der Waals surface area contributed by atoms with Crippen LogP contribution in [0.5, 0.6) is 0 Å². The Bertz CT molecular complexity index is 87.7. The third kappa shape index (κ3) is 154. The Morgan fingerprint density at radius 1 is 1.00 bits per heavy atom. The van der Waals surface area contributed by atoms with Crippen LogP contribution in [0.15, 0.2) is 0 Å². The zero-order valence-electron chi connectivity index (χ0n) is 2.49. The minimum absolute atomic E-state index is 0.194. The molecule has 0 aliphatic rings. The van der Waals surface area contributed by atoms with Crippen molar-refractivity contribution in [3.05, 3.63) is 0 Å². The molecule has 0 saturated heterocycles. The molecule has 0 rings (SSSR count). The molecule has 0 amide bonds. The molecule has 0 aliphatic heterocycles. The molecular weight excluding hydrogens is 341 g/mol. The van der Waals surface area contributed by atoms with Gasteiger partial charge in [0.15, 0.2) is 0 Å². The third-order valence-electron chi connectivity index (χ3n) is 0. The van der Waals surface area contributed by atoms with Gasteiger partial charge in [-0.25, -0.2) is 0 Å². The van der Waals surface area contributed by atoms with Crippen molar-refractivity contribution in [2.24, 2.45) is 0 Å². The van der Waals surface area contributed by atoms with Crippen LogP contribution < -0.4 is 0 Å². The van der Waals surface area contributed by atoms with E-state index in [1.54, 1.807) is 0 Å². The van der Waals surface area contributed by atoms with E-state index in [2.05, 4.69) is 0 Å². The summed E-state index contributed by atoms with van der Waals surface area (Å²) < 4.78 is 34.1. The zero-order valence-corrected chi connectivity index (χ0v) is 7.71. The first kappa shape index (κ1) is 9.80. The average Bonchev–Trinajstić information content (AvgIpc) is 1.41. The summed E-state index contributed by atoms with van der Waals surface area (Å²) in [4.78, 5) is 0. The first-order valence-electron chi connectivity index (χ1n) is 0.683. The van der Waals surface area contributed by atoms with Gasteiger partial charge in [-0.1, -0.05) is 0 Å². The van der Waals surface area contributed by atoms with Gasteiger partial charge in [0.05, 0.1) is 0 Å². The Morgan fingerprint density at radius 3 is 1.00 bits per heavy atom. The molecule has 0 unspecified atom stereocenters. The molecule has 0 radical (unpaired) electrons. The van der Waals surface area contributed by atoms with Crippen molar-refractivity contribution in [2.45, 2.75) is 0 Å². The normalized spacial score (nSPS) is 4.50. The van der Waals surface area contributed by atoms with Crippen molar-refractivity contribution in [1.29, 1.82) is 0 Å². The summed E-state index contributed by atoms with van der Waals surface area (Å²) in [6, 6.07) is 0. The second kappa shape index (κ2) is 9.16. The van der Waals surface area contributed by atoms with E-state index >= 15 is 0 Å². The fraction of sp³-hybridized carbons (Fsp3) is 0. The van der Waals surface area contributed by atoms with Crippen LogP contribution in [0.4, 0.5) is 0 Å². The van der Waals surface area contributed by atoms with Crippen molar-refractivity contribution < 1.29 is 51.7 Å². The van der Waals surface area contributed by atoms with Crippen LogP contribution in [0, 0.1) is 0 Å². The topological polar surface area (TPSA) is 68.3 Å². The van der Waals surface area contributed by atoms with Crippen molar-refractivity contribution >= 4 is 0 Å². The molecule has 6 heavy (non-hydrogen) atoms. The van der Waals surface area contributed by atoms with Gasteiger partial charge in [0, 0.05) is 0 Å². The number of hydrogen-bond acceptors (Lipinski definition) is 4. The van der Waals surface area contributed by atoms with Crippen molar-refractivity contribution in [3.8, 4) is 0 Å². The summed E-state index contributed by atoms with van der Waals surface area (Å²) in [6.07, 6.45) is 0. The van der Waals surface area contributed by atoms with Gasteiger partial charge in [0.2, 0.25) is 0 Å². The Kier molecular flexibility index (Phi) is 15.0.